The van der Waals surface area contributed by atoms with Gasteiger partial charge in [0.15, 0.2) is 18.9 Å². The van der Waals surface area contributed by atoms with Crippen LogP contribution in [0.2, 0.25) is 0 Å². The van der Waals surface area contributed by atoms with Gasteiger partial charge in [-0.3, -0.25) is 13.6 Å². The van der Waals surface area contributed by atoms with Crippen molar-refractivity contribution in [2.75, 3.05) is 101 Å². The fourth-order valence-corrected chi connectivity index (χ4v) is 3.50. The van der Waals surface area contributed by atoms with Crippen molar-refractivity contribution in [3.05, 3.63) is 0 Å². The van der Waals surface area contributed by atoms with Crippen molar-refractivity contribution in [2.45, 2.75) is 39.6 Å². The van der Waals surface area contributed by atoms with Crippen molar-refractivity contribution in [1.82, 2.24) is 0 Å². The van der Waals surface area contributed by atoms with Crippen LogP contribution in [-0.2, 0) is 60.8 Å². The molecule has 0 aliphatic rings. The van der Waals surface area contributed by atoms with Crippen LogP contribution in [0.4, 0.5) is 0 Å². The van der Waals surface area contributed by atoms with E-state index in [1.165, 1.54) is 21.3 Å². The molecule has 0 amide bonds. The van der Waals surface area contributed by atoms with Crippen LogP contribution in [0.5, 0.6) is 0 Å². The highest BCUT2D eigenvalue weighted by Crippen LogP contribution is 2.49. The molecular formula is C21H45O13P. The molecule has 0 fully saturated rings. The molecule has 3 atom stereocenters. The Balaban J connectivity index is 4.47. The van der Waals surface area contributed by atoms with Crippen LogP contribution in [0.15, 0.2) is 0 Å². The van der Waals surface area contributed by atoms with Gasteiger partial charge in [0, 0.05) is 41.2 Å². The molecular weight excluding hydrogens is 491 g/mol. The first kappa shape index (κ1) is 34.8. The van der Waals surface area contributed by atoms with E-state index in [2.05, 4.69) is 0 Å². The number of rotatable bonds is 27. The first-order valence-electron chi connectivity index (χ1n) is 11.7. The lowest BCUT2D eigenvalue weighted by Crippen LogP contribution is -2.24. The van der Waals surface area contributed by atoms with Crippen molar-refractivity contribution >= 4 is 7.82 Å². The Morgan fingerprint density at radius 3 is 1.03 bits per heavy atom. The first-order valence-corrected chi connectivity index (χ1v) is 13.1. The van der Waals surface area contributed by atoms with Gasteiger partial charge >= 0.3 is 7.82 Å². The van der Waals surface area contributed by atoms with Crippen LogP contribution in [0, 0.1) is 0 Å². The van der Waals surface area contributed by atoms with Gasteiger partial charge in [0.25, 0.3) is 0 Å². The maximum absolute atomic E-state index is 13.0. The monoisotopic (exact) mass is 536 g/mol. The highest BCUT2D eigenvalue weighted by Gasteiger charge is 2.27. The molecule has 0 aliphatic heterocycles. The van der Waals surface area contributed by atoms with E-state index in [0.717, 1.165) is 0 Å². The maximum atomic E-state index is 13.0. The van der Waals surface area contributed by atoms with Crippen molar-refractivity contribution in [3.8, 4) is 0 Å². The van der Waals surface area contributed by atoms with Gasteiger partial charge in [-0.1, -0.05) is 0 Å². The van der Waals surface area contributed by atoms with Gasteiger partial charge < -0.3 is 42.6 Å². The highest BCUT2D eigenvalue weighted by atomic mass is 31.2. The predicted molar refractivity (Wildman–Crippen MR) is 125 cm³/mol. The van der Waals surface area contributed by atoms with Crippen LogP contribution in [0.1, 0.15) is 20.8 Å². The lowest BCUT2D eigenvalue weighted by atomic mass is 10.6. The summed E-state index contributed by atoms with van der Waals surface area (Å²) in [5, 5.41) is 0. The summed E-state index contributed by atoms with van der Waals surface area (Å²) in [5.41, 5.74) is 0. The normalized spacial score (nSPS) is 16.2. The number of phosphoric acid groups is 1. The molecule has 0 bridgehead atoms. The first-order chi connectivity index (χ1) is 17.0. The third-order valence-corrected chi connectivity index (χ3v) is 5.54. The topological polar surface area (TPSA) is 128 Å². The fourth-order valence-electron chi connectivity index (χ4n) is 2.38. The van der Waals surface area contributed by atoms with E-state index >= 15 is 0 Å². The Labute approximate surface area is 209 Å². The number of phosphoric ester groups is 1. The molecule has 0 saturated carbocycles. The van der Waals surface area contributed by atoms with E-state index in [1.54, 1.807) is 0 Å². The minimum Gasteiger partial charge on any atom is -0.374 e. The van der Waals surface area contributed by atoms with Gasteiger partial charge in [0.1, 0.15) is 0 Å². The second-order valence-corrected chi connectivity index (χ2v) is 8.20. The minimum atomic E-state index is -3.90. The Bertz CT molecular complexity index is 433. The van der Waals surface area contributed by atoms with E-state index in [1.807, 2.05) is 20.8 Å². The van der Waals surface area contributed by atoms with Crippen molar-refractivity contribution < 1.29 is 60.8 Å². The summed E-state index contributed by atoms with van der Waals surface area (Å²) >= 11 is 0. The van der Waals surface area contributed by atoms with Gasteiger partial charge in [-0.05, 0) is 20.8 Å². The SMILES string of the molecule is CCOC(COCCOP(=O)(OCCOCC(OC)OCC)OCCOCC(OC)OCC)OC. The zero-order valence-electron chi connectivity index (χ0n) is 22.0. The average molecular weight is 537 g/mol. The molecule has 0 heterocycles. The van der Waals surface area contributed by atoms with E-state index in [4.69, 9.17) is 56.2 Å². The number of hydrogen-bond donors (Lipinski definition) is 0. The number of hydrogen-bond acceptors (Lipinski definition) is 13. The molecule has 0 N–H and O–H groups in total. The Hall–Kier alpha value is -0.250. The largest absolute Gasteiger partial charge is 0.475 e. The van der Waals surface area contributed by atoms with Gasteiger partial charge in [-0.2, -0.15) is 0 Å². The van der Waals surface area contributed by atoms with Crippen molar-refractivity contribution in [2.24, 2.45) is 0 Å². The number of methoxy groups -OCH3 is 3. The Morgan fingerprint density at radius 2 is 0.800 bits per heavy atom. The zero-order chi connectivity index (χ0) is 26.2. The standard InChI is InChI=1S/C21H45O13P/c1-7-29-19(23-4)16-26-10-13-32-35(22,33-14-11-27-17-20(24-5)30-8-2)34-15-12-28-18-21(25-6)31-9-3/h19-21H,7-18H2,1-6H3. The van der Waals surface area contributed by atoms with Crippen LogP contribution in [-0.4, -0.2) is 119 Å². The van der Waals surface area contributed by atoms with Gasteiger partial charge in [-0.15, -0.1) is 0 Å². The van der Waals surface area contributed by atoms with E-state index in [0.29, 0.717) is 19.8 Å². The zero-order valence-corrected chi connectivity index (χ0v) is 22.9. The third-order valence-electron chi connectivity index (χ3n) is 4.04. The molecule has 0 aromatic heterocycles. The van der Waals surface area contributed by atoms with Crippen molar-refractivity contribution in [1.29, 1.82) is 0 Å². The molecule has 13 nitrogen and oxygen atoms in total. The van der Waals surface area contributed by atoms with Crippen LogP contribution >= 0.6 is 7.82 Å². The molecule has 0 aromatic carbocycles. The summed E-state index contributed by atoms with van der Waals surface area (Å²) in [4.78, 5) is 0. The van der Waals surface area contributed by atoms with Crippen LogP contribution in [0.3, 0.4) is 0 Å². The molecule has 3 unspecified atom stereocenters. The third kappa shape index (κ3) is 19.5. The lowest BCUT2D eigenvalue weighted by molar-refractivity contribution is -0.157. The minimum absolute atomic E-state index is 0.0340. The smallest absolute Gasteiger partial charge is 0.374 e. The van der Waals surface area contributed by atoms with Crippen LogP contribution in [0.25, 0.3) is 0 Å². The van der Waals surface area contributed by atoms with E-state index in [9.17, 15) is 4.57 Å². The maximum Gasteiger partial charge on any atom is 0.475 e. The fraction of sp³-hybridized carbons (Fsp3) is 1.00. The second-order valence-electron chi connectivity index (χ2n) is 6.53. The van der Waals surface area contributed by atoms with Gasteiger partial charge in [0.2, 0.25) is 0 Å². The Kier molecular flexibility index (Phi) is 23.9. The Morgan fingerprint density at radius 1 is 0.514 bits per heavy atom. The summed E-state index contributed by atoms with van der Waals surface area (Å²) in [5.74, 6) is 0. The van der Waals surface area contributed by atoms with Crippen molar-refractivity contribution in [3.63, 3.8) is 0 Å². The molecule has 0 radical (unpaired) electrons. The van der Waals surface area contributed by atoms with Gasteiger partial charge in [0.05, 0.1) is 59.5 Å². The second kappa shape index (κ2) is 24.1. The molecule has 0 saturated heterocycles. The summed E-state index contributed by atoms with van der Waals surface area (Å²) < 4.78 is 76.7. The van der Waals surface area contributed by atoms with E-state index in [-0.39, 0.29) is 59.5 Å². The predicted octanol–water partition coefficient (Wildman–Crippen LogP) is 2.22. The molecule has 212 valence electrons. The molecule has 0 aromatic rings. The summed E-state index contributed by atoms with van der Waals surface area (Å²) in [6, 6.07) is 0. The number of ether oxygens (including phenoxy) is 9. The molecule has 0 rings (SSSR count). The molecule has 0 aliphatic carbocycles. The summed E-state index contributed by atoms with van der Waals surface area (Å²) in [6.45, 7) is 7.91. The summed E-state index contributed by atoms with van der Waals surface area (Å²) in [7, 11) is 0.664. The quantitative estimate of drug-likeness (QED) is 0.0865. The highest BCUT2D eigenvalue weighted by molar-refractivity contribution is 7.48. The lowest BCUT2D eigenvalue weighted by Gasteiger charge is -2.20. The summed E-state index contributed by atoms with van der Waals surface area (Å²) in [6.07, 6.45) is -1.48. The van der Waals surface area contributed by atoms with E-state index < -0.39 is 26.7 Å². The molecule has 14 heteroatoms. The molecule has 0 spiro atoms. The van der Waals surface area contributed by atoms with Gasteiger partial charge in [-0.25, -0.2) is 4.57 Å². The average Bonchev–Trinajstić information content (AvgIpc) is 2.86. The molecule has 35 heavy (non-hydrogen) atoms. The van der Waals surface area contributed by atoms with Crippen LogP contribution < -0.4 is 0 Å².